The number of nitrogens with one attached hydrogen (secondary N) is 2. The summed E-state index contributed by atoms with van der Waals surface area (Å²) >= 11 is 0. The van der Waals surface area contributed by atoms with Crippen LogP contribution in [0.15, 0.2) is 0 Å². The first kappa shape index (κ1) is 15.9. The van der Waals surface area contributed by atoms with E-state index >= 15 is 0 Å². The highest BCUT2D eigenvalue weighted by Crippen LogP contribution is 2.07. The number of nitrogens with zero attached hydrogens (tertiary/aromatic N) is 2. The Morgan fingerprint density at radius 1 is 1.21 bits per heavy atom. The molecule has 110 valence electrons. The van der Waals surface area contributed by atoms with Gasteiger partial charge in [-0.05, 0) is 14.0 Å². The molecular weight excluding hydrogens is 244 g/mol. The minimum atomic E-state index is 0.0138. The van der Waals surface area contributed by atoms with Crippen LogP contribution in [0.5, 0.6) is 0 Å². The molecule has 1 rings (SSSR count). The maximum absolute atomic E-state index is 12.1. The van der Waals surface area contributed by atoms with Gasteiger partial charge in [0.25, 0.3) is 0 Å². The molecule has 1 fully saturated rings. The van der Waals surface area contributed by atoms with Crippen molar-refractivity contribution in [2.45, 2.75) is 13.8 Å². The molecule has 0 saturated carbocycles. The highest BCUT2D eigenvalue weighted by Gasteiger charge is 2.25. The van der Waals surface area contributed by atoms with Crippen molar-refractivity contribution in [1.82, 2.24) is 20.4 Å². The summed E-state index contributed by atoms with van der Waals surface area (Å²) in [5.74, 6) is 0.276. The quantitative estimate of drug-likeness (QED) is 0.658. The lowest BCUT2D eigenvalue weighted by Gasteiger charge is -2.35. The van der Waals surface area contributed by atoms with E-state index in [-0.39, 0.29) is 17.7 Å². The standard InChI is InChI=1S/C13H26N4O2/c1-4-15-12(18)10-16-5-7-17(8-6-16)13(19)11(2)9-14-3/h11,14H,4-10H2,1-3H3,(H,15,18). The predicted octanol–water partition coefficient (Wildman–Crippen LogP) is -0.878. The van der Waals surface area contributed by atoms with E-state index in [1.54, 1.807) is 0 Å². The molecule has 1 heterocycles. The SMILES string of the molecule is CCNC(=O)CN1CCN(C(=O)C(C)CNC)CC1. The Balaban J connectivity index is 2.32. The zero-order valence-electron chi connectivity index (χ0n) is 12.2. The second kappa shape index (κ2) is 8.12. The second-order valence-electron chi connectivity index (χ2n) is 5.01. The zero-order valence-corrected chi connectivity index (χ0v) is 12.2. The number of likely N-dealkylation sites (N-methyl/N-ethyl adjacent to an activating group) is 1. The van der Waals surface area contributed by atoms with E-state index in [4.69, 9.17) is 0 Å². The van der Waals surface area contributed by atoms with Crippen LogP contribution in [0, 0.1) is 5.92 Å². The number of piperazine rings is 1. The molecular formula is C13H26N4O2. The molecule has 1 unspecified atom stereocenters. The number of amides is 2. The predicted molar refractivity (Wildman–Crippen MR) is 74.8 cm³/mol. The number of carbonyl (C=O) groups excluding carboxylic acids is 2. The zero-order chi connectivity index (χ0) is 14.3. The number of rotatable bonds is 6. The molecule has 6 heteroatoms. The van der Waals surface area contributed by atoms with E-state index in [1.807, 2.05) is 25.8 Å². The van der Waals surface area contributed by atoms with Gasteiger partial charge in [0.1, 0.15) is 0 Å². The summed E-state index contributed by atoms with van der Waals surface area (Å²) in [5.41, 5.74) is 0. The van der Waals surface area contributed by atoms with Crippen LogP contribution in [0.25, 0.3) is 0 Å². The van der Waals surface area contributed by atoms with Gasteiger partial charge in [0, 0.05) is 45.2 Å². The fourth-order valence-electron chi connectivity index (χ4n) is 2.29. The maximum Gasteiger partial charge on any atom is 0.234 e. The van der Waals surface area contributed by atoms with Gasteiger partial charge in [0.05, 0.1) is 6.54 Å². The summed E-state index contributed by atoms with van der Waals surface area (Å²) in [6.45, 7) is 8.64. The molecule has 1 aliphatic heterocycles. The van der Waals surface area contributed by atoms with Gasteiger partial charge in [-0.3, -0.25) is 14.5 Å². The van der Waals surface area contributed by atoms with Gasteiger partial charge in [0.2, 0.25) is 11.8 Å². The van der Waals surface area contributed by atoms with Crippen molar-refractivity contribution in [3.8, 4) is 0 Å². The van der Waals surface area contributed by atoms with Gasteiger partial charge < -0.3 is 15.5 Å². The summed E-state index contributed by atoms with van der Waals surface area (Å²) < 4.78 is 0. The summed E-state index contributed by atoms with van der Waals surface area (Å²) in [6, 6.07) is 0. The van der Waals surface area contributed by atoms with Crippen LogP contribution < -0.4 is 10.6 Å². The van der Waals surface area contributed by atoms with E-state index < -0.39 is 0 Å². The van der Waals surface area contributed by atoms with Gasteiger partial charge in [-0.2, -0.15) is 0 Å². The minimum absolute atomic E-state index is 0.0138. The third-order valence-corrected chi connectivity index (χ3v) is 3.36. The first-order chi connectivity index (χ1) is 9.08. The summed E-state index contributed by atoms with van der Waals surface area (Å²) in [7, 11) is 1.86. The fourth-order valence-corrected chi connectivity index (χ4v) is 2.29. The van der Waals surface area contributed by atoms with Crippen LogP contribution in [0.3, 0.4) is 0 Å². The Morgan fingerprint density at radius 3 is 2.37 bits per heavy atom. The number of carbonyl (C=O) groups is 2. The molecule has 19 heavy (non-hydrogen) atoms. The summed E-state index contributed by atoms with van der Waals surface area (Å²) in [4.78, 5) is 27.6. The van der Waals surface area contributed by atoms with Crippen molar-refractivity contribution in [1.29, 1.82) is 0 Å². The average molecular weight is 270 g/mol. The Bertz CT molecular complexity index is 301. The smallest absolute Gasteiger partial charge is 0.234 e. The average Bonchev–Trinajstić information content (AvgIpc) is 2.39. The molecule has 1 atom stereocenters. The lowest BCUT2D eigenvalue weighted by molar-refractivity contribution is -0.136. The molecule has 0 aromatic carbocycles. The first-order valence-corrected chi connectivity index (χ1v) is 7.01. The van der Waals surface area contributed by atoms with E-state index in [9.17, 15) is 9.59 Å². The van der Waals surface area contributed by atoms with Crippen LogP contribution in [-0.4, -0.2) is 74.5 Å². The van der Waals surface area contributed by atoms with E-state index in [0.29, 0.717) is 32.7 Å². The van der Waals surface area contributed by atoms with E-state index in [0.717, 1.165) is 13.1 Å². The van der Waals surface area contributed by atoms with Crippen molar-refractivity contribution < 1.29 is 9.59 Å². The lowest BCUT2D eigenvalue weighted by atomic mass is 10.1. The van der Waals surface area contributed by atoms with Gasteiger partial charge in [-0.1, -0.05) is 6.92 Å². The normalized spacial score (nSPS) is 18.2. The van der Waals surface area contributed by atoms with Crippen LogP contribution in [0.1, 0.15) is 13.8 Å². The van der Waals surface area contributed by atoms with Crippen LogP contribution in [-0.2, 0) is 9.59 Å². The van der Waals surface area contributed by atoms with Gasteiger partial charge >= 0.3 is 0 Å². The molecule has 0 aromatic heterocycles. The van der Waals surface area contributed by atoms with Crippen molar-refractivity contribution >= 4 is 11.8 Å². The minimum Gasteiger partial charge on any atom is -0.355 e. The fraction of sp³-hybridized carbons (Fsp3) is 0.846. The molecule has 0 spiro atoms. The Morgan fingerprint density at radius 2 is 1.84 bits per heavy atom. The molecule has 2 N–H and O–H groups in total. The largest absolute Gasteiger partial charge is 0.355 e. The van der Waals surface area contributed by atoms with Crippen molar-refractivity contribution in [3.05, 3.63) is 0 Å². The molecule has 0 bridgehead atoms. The molecule has 2 amide bonds. The second-order valence-corrected chi connectivity index (χ2v) is 5.01. The number of hydrogen-bond acceptors (Lipinski definition) is 4. The van der Waals surface area contributed by atoms with Gasteiger partial charge in [-0.15, -0.1) is 0 Å². The van der Waals surface area contributed by atoms with Gasteiger partial charge in [0.15, 0.2) is 0 Å². The maximum atomic E-state index is 12.1. The topological polar surface area (TPSA) is 64.7 Å². The Kier molecular flexibility index (Phi) is 6.80. The monoisotopic (exact) mass is 270 g/mol. The third-order valence-electron chi connectivity index (χ3n) is 3.36. The highest BCUT2D eigenvalue weighted by atomic mass is 16.2. The van der Waals surface area contributed by atoms with Gasteiger partial charge in [-0.25, -0.2) is 0 Å². The molecule has 1 aliphatic rings. The van der Waals surface area contributed by atoms with Crippen LogP contribution in [0.2, 0.25) is 0 Å². The lowest BCUT2D eigenvalue weighted by Crippen LogP contribution is -2.52. The first-order valence-electron chi connectivity index (χ1n) is 7.01. The highest BCUT2D eigenvalue weighted by molar-refractivity contribution is 5.79. The summed E-state index contributed by atoms with van der Waals surface area (Å²) in [5, 5.41) is 5.82. The molecule has 0 aliphatic carbocycles. The van der Waals surface area contributed by atoms with E-state index in [1.165, 1.54) is 0 Å². The van der Waals surface area contributed by atoms with Crippen molar-refractivity contribution in [3.63, 3.8) is 0 Å². The molecule has 6 nitrogen and oxygen atoms in total. The molecule has 0 radical (unpaired) electrons. The van der Waals surface area contributed by atoms with Crippen LogP contribution >= 0.6 is 0 Å². The molecule has 1 saturated heterocycles. The summed E-state index contributed by atoms with van der Waals surface area (Å²) in [6.07, 6.45) is 0. The third kappa shape index (κ3) is 5.16. The van der Waals surface area contributed by atoms with E-state index in [2.05, 4.69) is 15.5 Å². The van der Waals surface area contributed by atoms with Crippen LogP contribution in [0.4, 0.5) is 0 Å². The Hall–Kier alpha value is -1.14. The number of hydrogen-bond donors (Lipinski definition) is 2. The molecule has 0 aromatic rings. The Labute approximate surface area is 115 Å². The van der Waals surface area contributed by atoms with Crippen molar-refractivity contribution in [2.75, 3.05) is 52.9 Å². The van der Waals surface area contributed by atoms with Crippen molar-refractivity contribution in [2.24, 2.45) is 5.92 Å².